The quantitative estimate of drug-likeness (QED) is 0.898. The lowest BCUT2D eigenvalue weighted by Gasteiger charge is -2.04. The first kappa shape index (κ1) is 13.2. The van der Waals surface area contributed by atoms with E-state index in [0.717, 1.165) is 22.6 Å². The van der Waals surface area contributed by atoms with E-state index in [1.807, 2.05) is 19.1 Å². The Hall–Kier alpha value is -2.21. The lowest BCUT2D eigenvalue weighted by atomic mass is 10.1. The highest BCUT2D eigenvalue weighted by Gasteiger charge is 2.11. The number of aryl methyl sites for hydroxylation is 1. The Labute approximate surface area is 113 Å². The second-order valence-electron chi connectivity index (χ2n) is 3.96. The molecule has 0 radical (unpaired) electrons. The summed E-state index contributed by atoms with van der Waals surface area (Å²) in [6.45, 7) is 1.89. The van der Waals surface area contributed by atoms with Gasteiger partial charge in [-0.2, -0.15) is 0 Å². The average molecular weight is 276 g/mol. The topological polar surface area (TPSA) is 79.3 Å². The van der Waals surface area contributed by atoms with Crippen LogP contribution in [-0.2, 0) is 11.2 Å². The van der Waals surface area contributed by atoms with Crippen molar-refractivity contribution >= 4 is 28.2 Å². The molecule has 0 atom stereocenters. The minimum atomic E-state index is -0.994. The Balaban J connectivity index is 2.01. The second-order valence-corrected chi connectivity index (χ2v) is 5.04. The Morgan fingerprint density at radius 2 is 2.16 bits per heavy atom. The smallest absolute Gasteiger partial charge is 0.345 e. The number of aromatic nitrogens is 1. The van der Waals surface area contributed by atoms with E-state index >= 15 is 0 Å². The third kappa shape index (κ3) is 3.38. The lowest BCUT2D eigenvalue weighted by molar-refractivity contribution is -0.115. The Morgan fingerprint density at radius 3 is 2.79 bits per heavy atom. The third-order valence-electron chi connectivity index (χ3n) is 2.53. The van der Waals surface area contributed by atoms with Crippen molar-refractivity contribution in [3.8, 4) is 0 Å². The highest BCUT2D eigenvalue weighted by atomic mass is 32.1. The van der Waals surface area contributed by atoms with E-state index in [9.17, 15) is 9.59 Å². The molecule has 5 nitrogen and oxygen atoms in total. The van der Waals surface area contributed by atoms with Crippen molar-refractivity contribution in [2.75, 3.05) is 5.32 Å². The van der Waals surface area contributed by atoms with E-state index in [1.165, 1.54) is 6.07 Å². The predicted octanol–water partition coefficient (Wildman–Crippen LogP) is 2.33. The molecular formula is C13H12N2O3S. The Morgan fingerprint density at radius 1 is 1.37 bits per heavy atom. The van der Waals surface area contributed by atoms with Gasteiger partial charge < -0.3 is 10.4 Å². The molecule has 0 saturated heterocycles. The molecule has 98 valence electrons. The van der Waals surface area contributed by atoms with Crippen LogP contribution in [0.3, 0.4) is 0 Å². The molecule has 0 spiro atoms. The number of nitrogens with one attached hydrogen (secondary N) is 1. The number of pyridine rings is 1. The molecule has 1 amide bonds. The number of carbonyl (C=O) groups is 2. The molecule has 0 bridgehead atoms. The van der Waals surface area contributed by atoms with Crippen LogP contribution in [0.2, 0.25) is 0 Å². The number of hydrogen-bond acceptors (Lipinski definition) is 4. The van der Waals surface area contributed by atoms with Crippen LogP contribution in [0.25, 0.3) is 0 Å². The van der Waals surface area contributed by atoms with E-state index in [2.05, 4.69) is 10.3 Å². The molecule has 2 aromatic heterocycles. The van der Waals surface area contributed by atoms with Gasteiger partial charge in [-0.15, -0.1) is 11.3 Å². The standard InChI is InChI=1S/C13H12N2O3S/c1-8-3-2-6-14-9(8)7-11(16)15-12-5-4-10(19-12)13(17)18/h2-6H,7H2,1H3,(H,15,16)(H,17,18). The van der Waals surface area contributed by atoms with Gasteiger partial charge in [0.25, 0.3) is 0 Å². The van der Waals surface area contributed by atoms with Gasteiger partial charge in [-0.3, -0.25) is 9.78 Å². The number of thiophene rings is 1. The highest BCUT2D eigenvalue weighted by molar-refractivity contribution is 7.18. The summed E-state index contributed by atoms with van der Waals surface area (Å²) in [5, 5.41) is 12.0. The number of hydrogen-bond donors (Lipinski definition) is 2. The zero-order valence-corrected chi connectivity index (χ0v) is 11.0. The summed E-state index contributed by atoms with van der Waals surface area (Å²) < 4.78 is 0. The van der Waals surface area contributed by atoms with Crippen molar-refractivity contribution < 1.29 is 14.7 Å². The third-order valence-corrected chi connectivity index (χ3v) is 3.51. The average Bonchev–Trinajstić information content (AvgIpc) is 2.80. The van der Waals surface area contributed by atoms with Gasteiger partial charge in [0.15, 0.2) is 0 Å². The number of nitrogens with zero attached hydrogens (tertiary/aromatic N) is 1. The molecule has 0 aliphatic rings. The fourth-order valence-corrected chi connectivity index (χ4v) is 2.32. The summed E-state index contributed by atoms with van der Waals surface area (Å²) in [6.07, 6.45) is 1.82. The summed E-state index contributed by atoms with van der Waals surface area (Å²) in [5.74, 6) is -1.20. The van der Waals surface area contributed by atoms with Gasteiger partial charge in [0.2, 0.25) is 5.91 Å². The van der Waals surface area contributed by atoms with Crippen molar-refractivity contribution in [2.45, 2.75) is 13.3 Å². The summed E-state index contributed by atoms with van der Waals surface area (Å²) in [6, 6.07) is 6.75. The van der Waals surface area contributed by atoms with Gasteiger partial charge in [0.1, 0.15) is 4.88 Å². The van der Waals surface area contributed by atoms with Crippen molar-refractivity contribution in [3.05, 3.63) is 46.6 Å². The zero-order valence-electron chi connectivity index (χ0n) is 10.2. The maximum absolute atomic E-state index is 11.8. The predicted molar refractivity (Wildman–Crippen MR) is 72.6 cm³/mol. The number of anilines is 1. The largest absolute Gasteiger partial charge is 0.477 e. The highest BCUT2D eigenvalue weighted by Crippen LogP contribution is 2.21. The van der Waals surface area contributed by atoms with Gasteiger partial charge >= 0.3 is 5.97 Å². The van der Waals surface area contributed by atoms with Gasteiger partial charge in [0.05, 0.1) is 17.1 Å². The van der Waals surface area contributed by atoms with Gasteiger partial charge in [-0.05, 0) is 30.7 Å². The summed E-state index contributed by atoms with van der Waals surface area (Å²) >= 11 is 1.03. The molecular weight excluding hydrogens is 264 g/mol. The summed E-state index contributed by atoms with van der Waals surface area (Å²) in [7, 11) is 0. The van der Waals surface area contributed by atoms with Crippen molar-refractivity contribution in [2.24, 2.45) is 0 Å². The Bertz CT molecular complexity index is 622. The van der Waals surface area contributed by atoms with Crippen molar-refractivity contribution in [1.82, 2.24) is 4.98 Å². The monoisotopic (exact) mass is 276 g/mol. The van der Waals surface area contributed by atoms with Crippen molar-refractivity contribution in [1.29, 1.82) is 0 Å². The molecule has 2 rings (SSSR count). The van der Waals surface area contributed by atoms with Crippen LogP contribution in [0, 0.1) is 6.92 Å². The minimum Gasteiger partial charge on any atom is -0.477 e. The lowest BCUT2D eigenvalue weighted by Crippen LogP contribution is -2.15. The van der Waals surface area contributed by atoms with E-state index in [1.54, 1.807) is 12.3 Å². The number of rotatable bonds is 4. The van der Waals surface area contributed by atoms with E-state index in [4.69, 9.17) is 5.11 Å². The van der Waals surface area contributed by atoms with Crippen LogP contribution in [-0.4, -0.2) is 22.0 Å². The number of amides is 1. The van der Waals surface area contributed by atoms with Crippen LogP contribution in [0.4, 0.5) is 5.00 Å². The van der Waals surface area contributed by atoms with Gasteiger partial charge in [0, 0.05) is 6.20 Å². The number of carboxylic acids is 1. The number of aromatic carboxylic acids is 1. The maximum atomic E-state index is 11.8. The molecule has 0 unspecified atom stereocenters. The van der Waals surface area contributed by atoms with Crippen LogP contribution in [0.15, 0.2) is 30.5 Å². The molecule has 6 heteroatoms. The van der Waals surface area contributed by atoms with E-state index in [0.29, 0.717) is 5.00 Å². The van der Waals surface area contributed by atoms with Crippen LogP contribution >= 0.6 is 11.3 Å². The molecule has 0 aliphatic carbocycles. The molecule has 0 aromatic carbocycles. The first-order valence-corrected chi connectivity index (χ1v) is 6.41. The molecule has 0 saturated carbocycles. The summed E-state index contributed by atoms with van der Waals surface area (Å²) in [4.78, 5) is 26.9. The molecule has 2 heterocycles. The van der Waals surface area contributed by atoms with Gasteiger partial charge in [-0.25, -0.2) is 4.79 Å². The fourth-order valence-electron chi connectivity index (χ4n) is 1.56. The summed E-state index contributed by atoms with van der Waals surface area (Å²) in [5.41, 5.74) is 1.67. The first-order valence-electron chi connectivity index (χ1n) is 5.60. The molecule has 2 N–H and O–H groups in total. The maximum Gasteiger partial charge on any atom is 0.345 e. The normalized spacial score (nSPS) is 10.2. The van der Waals surface area contributed by atoms with E-state index < -0.39 is 5.97 Å². The van der Waals surface area contributed by atoms with Crippen molar-refractivity contribution in [3.63, 3.8) is 0 Å². The first-order chi connectivity index (χ1) is 9.06. The van der Waals surface area contributed by atoms with E-state index in [-0.39, 0.29) is 17.2 Å². The molecule has 0 fully saturated rings. The molecule has 2 aromatic rings. The fraction of sp³-hybridized carbons (Fsp3) is 0.154. The SMILES string of the molecule is Cc1cccnc1CC(=O)Nc1ccc(C(=O)O)s1. The van der Waals surface area contributed by atoms with Gasteiger partial charge in [-0.1, -0.05) is 6.07 Å². The minimum absolute atomic E-state index is 0.174. The molecule has 0 aliphatic heterocycles. The zero-order chi connectivity index (χ0) is 13.8. The van der Waals surface area contributed by atoms with Crippen LogP contribution < -0.4 is 5.32 Å². The Kier molecular flexibility index (Phi) is 3.91. The molecule has 19 heavy (non-hydrogen) atoms. The second kappa shape index (κ2) is 5.62. The number of carboxylic acid groups (broad SMARTS) is 1. The van der Waals surface area contributed by atoms with Crippen LogP contribution in [0.1, 0.15) is 20.9 Å². The number of carbonyl (C=O) groups excluding carboxylic acids is 1. The van der Waals surface area contributed by atoms with Crippen LogP contribution in [0.5, 0.6) is 0 Å².